The molecule has 0 saturated carbocycles. The highest BCUT2D eigenvalue weighted by Gasteiger charge is 2.12. The maximum atomic E-state index is 6.00. The molecule has 0 amide bonds. The second kappa shape index (κ2) is 6.89. The van der Waals surface area contributed by atoms with Crippen LogP contribution in [0.25, 0.3) is 0 Å². The lowest BCUT2D eigenvalue weighted by Crippen LogP contribution is -2.21. The van der Waals surface area contributed by atoms with Crippen molar-refractivity contribution in [1.82, 2.24) is 5.32 Å². The molecule has 1 N–H and O–H groups in total. The van der Waals surface area contributed by atoms with Crippen molar-refractivity contribution in [3.05, 3.63) is 58.6 Å². The topological polar surface area (TPSA) is 12.0 Å². The van der Waals surface area contributed by atoms with Crippen LogP contribution in [0.3, 0.4) is 0 Å². The highest BCUT2D eigenvalue weighted by atomic mass is 79.9. The molecular weight excluding hydrogens is 286 g/mol. The standard InChI is InChI=1S/C13H15BrClN/c1-3-5-13(16-8-4-2)11-9-10(15)6-7-12(11)14/h3-4,6-7,9,13,16H,1-2,5,8H2/t13-/m0/s1. The highest BCUT2D eigenvalue weighted by molar-refractivity contribution is 9.10. The monoisotopic (exact) mass is 299 g/mol. The van der Waals surface area contributed by atoms with Crippen LogP contribution >= 0.6 is 27.5 Å². The Bertz CT molecular complexity index is 376. The van der Waals surface area contributed by atoms with Crippen molar-refractivity contribution in [3.8, 4) is 0 Å². The van der Waals surface area contributed by atoms with Crippen molar-refractivity contribution in [2.45, 2.75) is 12.5 Å². The minimum absolute atomic E-state index is 0.212. The molecule has 0 aliphatic heterocycles. The van der Waals surface area contributed by atoms with Crippen molar-refractivity contribution in [3.63, 3.8) is 0 Å². The molecule has 0 aliphatic carbocycles. The fourth-order valence-corrected chi connectivity index (χ4v) is 2.20. The van der Waals surface area contributed by atoms with Gasteiger partial charge in [-0.25, -0.2) is 0 Å². The van der Waals surface area contributed by atoms with Gasteiger partial charge in [-0.15, -0.1) is 13.2 Å². The summed E-state index contributed by atoms with van der Waals surface area (Å²) in [5, 5.41) is 4.12. The lowest BCUT2D eigenvalue weighted by Gasteiger charge is -2.18. The molecule has 16 heavy (non-hydrogen) atoms. The van der Waals surface area contributed by atoms with Gasteiger partial charge in [0.2, 0.25) is 0 Å². The smallest absolute Gasteiger partial charge is 0.0410 e. The van der Waals surface area contributed by atoms with E-state index >= 15 is 0 Å². The molecule has 0 saturated heterocycles. The van der Waals surface area contributed by atoms with E-state index in [1.165, 1.54) is 0 Å². The predicted molar refractivity (Wildman–Crippen MR) is 74.9 cm³/mol. The third-order valence-electron chi connectivity index (χ3n) is 2.24. The van der Waals surface area contributed by atoms with Gasteiger partial charge in [0.1, 0.15) is 0 Å². The molecule has 0 radical (unpaired) electrons. The Morgan fingerprint density at radius 2 is 2.12 bits per heavy atom. The van der Waals surface area contributed by atoms with E-state index in [4.69, 9.17) is 11.6 Å². The zero-order valence-corrected chi connectivity index (χ0v) is 11.4. The van der Waals surface area contributed by atoms with Gasteiger partial charge in [-0.2, -0.15) is 0 Å². The SMILES string of the molecule is C=CCN[C@@H](CC=C)c1cc(Cl)ccc1Br. The van der Waals surface area contributed by atoms with Crippen molar-refractivity contribution in [2.75, 3.05) is 6.54 Å². The normalized spacial score (nSPS) is 12.1. The number of rotatable bonds is 6. The van der Waals surface area contributed by atoms with Crippen molar-refractivity contribution in [2.24, 2.45) is 0 Å². The summed E-state index contributed by atoms with van der Waals surface area (Å²) >= 11 is 9.53. The molecule has 0 spiro atoms. The van der Waals surface area contributed by atoms with Crippen molar-refractivity contribution in [1.29, 1.82) is 0 Å². The quantitative estimate of drug-likeness (QED) is 0.763. The first-order valence-electron chi connectivity index (χ1n) is 5.09. The van der Waals surface area contributed by atoms with Crippen LogP contribution < -0.4 is 5.32 Å². The number of nitrogens with one attached hydrogen (secondary N) is 1. The van der Waals surface area contributed by atoms with E-state index in [0.29, 0.717) is 0 Å². The lowest BCUT2D eigenvalue weighted by molar-refractivity contribution is 0.573. The Hall–Kier alpha value is -0.570. The molecule has 0 aliphatic rings. The molecule has 1 aromatic carbocycles. The third kappa shape index (κ3) is 3.78. The molecule has 0 unspecified atom stereocenters. The van der Waals surface area contributed by atoms with Gasteiger partial charge in [0.05, 0.1) is 0 Å². The van der Waals surface area contributed by atoms with Crippen LogP contribution in [-0.2, 0) is 0 Å². The van der Waals surface area contributed by atoms with E-state index in [2.05, 4.69) is 34.4 Å². The summed E-state index contributed by atoms with van der Waals surface area (Å²) in [6.07, 6.45) is 4.59. The summed E-state index contributed by atoms with van der Waals surface area (Å²) in [7, 11) is 0. The van der Waals surface area contributed by atoms with Crippen LogP contribution in [0.2, 0.25) is 5.02 Å². The van der Waals surface area contributed by atoms with Crippen LogP contribution in [0.1, 0.15) is 18.0 Å². The molecule has 1 nitrogen and oxygen atoms in total. The molecule has 3 heteroatoms. The number of hydrogen-bond acceptors (Lipinski definition) is 1. The van der Waals surface area contributed by atoms with Crippen molar-refractivity contribution < 1.29 is 0 Å². The van der Waals surface area contributed by atoms with E-state index in [1.54, 1.807) is 0 Å². The van der Waals surface area contributed by atoms with E-state index in [-0.39, 0.29) is 6.04 Å². The van der Waals surface area contributed by atoms with Gasteiger partial charge in [-0.3, -0.25) is 0 Å². The van der Waals surface area contributed by atoms with Crippen LogP contribution in [-0.4, -0.2) is 6.54 Å². The first-order chi connectivity index (χ1) is 7.69. The summed E-state index contributed by atoms with van der Waals surface area (Å²) in [6, 6.07) is 6.01. The summed E-state index contributed by atoms with van der Waals surface area (Å²) in [5.41, 5.74) is 1.15. The molecule has 1 atom stereocenters. The second-order valence-corrected chi connectivity index (χ2v) is 4.73. The van der Waals surface area contributed by atoms with Crippen LogP contribution in [0.5, 0.6) is 0 Å². The van der Waals surface area contributed by atoms with E-state index in [1.807, 2.05) is 30.4 Å². The predicted octanol–water partition coefficient (Wildman–Crippen LogP) is 4.50. The molecular formula is C13H15BrClN. The average molecular weight is 301 g/mol. The second-order valence-electron chi connectivity index (χ2n) is 3.44. The van der Waals surface area contributed by atoms with Crippen LogP contribution in [0.4, 0.5) is 0 Å². The minimum Gasteiger partial charge on any atom is -0.306 e. The Morgan fingerprint density at radius 3 is 2.75 bits per heavy atom. The summed E-state index contributed by atoms with van der Waals surface area (Å²) in [6.45, 7) is 8.23. The molecule has 1 aromatic rings. The van der Waals surface area contributed by atoms with Gasteiger partial charge in [-0.1, -0.05) is 39.7 Å². The van der Waals surface area contributed by atoms with Crippen LogP contribution in [0, 0.1) is 0 Å². The van der Waals surface area contributed by atoms with Gasteiger partial charge in [0, 0.05) is 22.1 Å². The molecule has 86 valence electrons. The maximum Gasteiger partial charge on any atom is 0.0410 e. The zero-order valence-electron chi connectivity index (χ0n) is 9.05. The largest absolute Gasteiger partial charge is 0.306 e. The van der Waals surface area contributed by atoms with E-state index < -0.39 is 0 Å². The fourth-order valence-electron chi connectivity index (χ4n) is 1.49. The molecule has 0 heterocycles. The number of benzene rings is 1. The van der Waals surface area contributed by atoms with Gasteiger partial charge >= 0.3 is 0 Å². The summed E-state index contributed by atoms with van der Waals surface area (Å²) < 4.78 is 1.06. The Labute approximate surface area is 110 Å². The van der Waals surface area contributed by atoms with Gasteiger partial charge in [0.15, 0.2) is 0 Å². The first kappa shape index (κ1) is 13.5. The highest BCUT2D eigenvalue weighted by Crippen LogP contribution is 2.28. The van der Waals surface area contributed by atoms with Crippen molar-refractivity contribution >= 4 is 27.5 Å². The average Bonchev–Trinajstić information content (AvgIpc) is 2.28. The Kier molecular flexibility index (Phi) is 5.81. The fraction of sp³-hybridized carbons (Fsp3) is 0.231. The minimum atomic E-state index is 0.212. The van der Waals surface area contributed by atoms with Gasteiger partial charge in [0.25, 0.3) is 0 Å². The zero-order chi connectivity index (χ0) is 12.0. The lowest BCUT2D eigenvalue weighted by atomic mass is 10.0. The summed E-state index contributed by atoms with van der Waals surface area (Å²) in [4.78, 5) is 0. The Balaban J connectivity index is 2.94. The molecule has 0 fully saturated rings. The molecule has 1 rings (SSSR count). The van der Waals surface area contributed by atoms with Crippen LogP contribution in [0.15, 0.2) is 48.0 Å². The van der Waals surface area contributed by atoms with E-state index in [0.717, 1.165) is 28.0 Å². The third-order valence-corrected chi connectivity index (χ3v) is 3.20. The number of hydrogen-bond donors (Lipinski definition) is 1. The number of halogens is 2. The summed E-state index contributed by atoms with van der Waals surface area (Å²) in [5.74, 6) is 0. The first-order valence-corrected chi connectivity index (χ1v) is 6.26. The van der Waals surface area contributed by atoms with Gasteiger partial charge in [-0.05, 0) is 30.2 Å². The molecule has 0 bridgehead atoms. The maximum absolute atomic E-state index is 6.00. The van der Waals surface area contributed by atoms with Gasteiger partial charge < -0.3 is 5.32 Å². The Morgan fingerprint density at radius 1 is 1.38 bits per heavy atom. The van der Waals surface area contributed by atoms with E-state index in [9.17, 15) is 0 Å². The molecule has 0 aromatic heterocycles.